The maximum atomic E-state index is 12.5. The number of rotatable bonds is 0. The second-order valence-electron chi connectivity index (χ2n) is 7.30. The first kappa shape index (κ1) is 15.2. The van der Waals surface area contributed by atoms with E-state index in [0.29, 0.717) is 22.6 Å². The summed E-state index contributed by atoms with van der Waals surface area (Å²) in [5, 5.41) is 21.1. The number of aromatic hydroxyl groups is 1. The number of phenols is 1. The average Bonchev–Trinajstić information content (AvgIpc) is 2.64. The quantitative estimate of drug-likeness (QED) is 0.736. The highest BCUT2D eigenvalue weighted by Gasteiger charge is 2.66. The maximum absolute atomic E-state index is 12.5. The standard InChI is InChI=1S/C20H14O7/c21-10-6-7-19-17-9(10)2-1-3-13(17)26-20(27-19)15(24)8-12(23)16-11(22)4-5-14(25-19)18(16)20/h1-5,15,22,24H,6-8H2/t15-,19+,20-/m1/s1. The van der Waals surface area contributed by atoms with Crippen molar-refractivity contribution in [2.75, 3.05) is 0 Å². The Bertz CT molecular complexity index is 1070. The van der Waals surface area contributed by atoms with Crippen LogP contribution in [0.25, 0.3) is 0 Å². The zero-order valence-corrected chi connectivity index (χ0v) is 14.0. The fourth-order valence-corrected chi connectivity index (χ4v) is 4.71. The van der Waals surface area contributed by atoms with Crippen molar-refractivity contribution in [3.05, 3.63) is 52.6 Å². The molecule has 7 heteroatoms. The van der Waals surface area contributed by atoms with E-state index < -0.39 is 23.5 Å². The van der Waals surface area contributed by atoms with Crippen molar-refractivity contribution in [3.8, 4) is 17.2 Å². The van der Waals surface area contributed by atoms with Gasteiger partial charge in [-0.15, -0.1) is 0 Å². The lowest BCUT2D eigenvalue weighted by Gasteiger charge is -2.56. The van der Waals surface area contributed by atoms with E-state index >= 15 is 0 Å². The van der Waals surface area contributed by atoms with Crippen molar-refractivity contribution in [2.24, 2.45) is 0 Å². The highest BCUT2D eigenvalue weighted by molar-refractivity contribution is 6.03. The zero-order chi connectivity index (χ0) is 18.6. The molecule has 2 aliphatic heterocycles. The molecule has 136 valence electrons. The molecule has 2 aliphatic carbocycles. The van der Waals surface area contributed by atoms with Crippen LogP contribution in [-0.4, -0.2) is 27.9 Å². The Morgan fingerprint density at radius 2 is 1.81 bits per heavy atom. The molecule has 3 atom stereocenters. The van der Waals surface area contributed by atoms with Crippen LogP contribution in [0.4, 0.5) is 0 Å². The van der Waals surface area contributed by atoms with Crippen LogP contribution in [-0.2, 0) is 16.3 Å². The molecule has 2 N–H and O–H groups in total. The summed E-state index contributed by atoms with van der Waals surface area (Å²) < 4.78 is 18.6. The summed E-state index contributed by atoms with van der Waals surface area (Å²) in [4.78, 5) is 24.9. The van der Waals surface area contributed by atoms with Gasteiger partial charge in [-0.1, -0.05) is 12.1 Å². The molecule has 0 aromatic heterocycles. The molecule has 2 aromatic rings. The van der Waals surface area contributed by atoms with Gasteiger partial charge in [-0.2, -0.15) is 0 Å². The molecule has 0 fully saturated rings. The minimum atomic E-state index is -1.68. The van der Waals surface area contributed by atoms with Gasteiger partial charge in [0.25, 0.3) is 5.79 Å². The number of aliphatic hydroxyl groups excluding tert-OH is 1. The second kappa shape index (κ2) is 4.49. The van der Waals surface area contributed by atoms with E-state index in [4.69, 9.17) is 14.2 Å². The van der Waals surface area contributed by atoms with E-state index in [2.05, 4.69) is 0 Å². The highest BCUT2D eigenvalue weighted by Crippen LogP contribution is 2.61. The van der Waals surface area contributed by atoms with Crippen molar-refractivity contribution < 1.29 is 34.0 Å². The first-order valence-electron chi connectivity index (χ1n) is 8.78. The summed E-state index contributed by atoms with van der Waals surface area (Å²) in [6.07, 6.45) is -1.05. The van der Waals surface area contributed by atoms with Crippen LogP contribution in [0.15, 0.2) is 30.3 Å². The molecule has 2 aromatic carbocycles. The monoisotopic (exact) mass is 366 g/mol. The Morgan fingerprint density at radius 3 is 2.67 bits per heavy atom. The van der Waals surface area contributed by atoms with Crippen LogP contribution in [0.2, 0.25) is 0 Å². The van der Waals surface area contributed by atoms with Gasteiger partial charge in [0.05, 0.1) is 16.7 Å². The Kier molecular flexibility index (Phi) is 2.53. The number of benzene rings is 2. The van der Waals surface area contributed by atoms with Gasteiger partial charge in [0.1, 0.15) is 23.4 Å². The predicted octanol–water partition coefficient (Wildman–Crippen LogP) is 2.12. The largest absolute Gasteiger partial charge is 0.507 e. The Balaban J connectivity index is 1.72. The summed E-state index contributed by atoms with van der Waals surface area (Å²) in [5.41, 5.74) is 1.22. The molecule has 2 bridgehead atoms. The van der Waals surface area contributed by atoms with Gasteiger partial charge >= 0.3 is 0 Å². The molecule has 7 nitrogen and oxygen atoms in total. The van der Waals surface area contributed by atoms with Crippen molar-refractivity contribution in [1.29, 1.82) is 0 Å². The maximum Gasteiger partial charge on any atom is 0.271 e. The minimum Gasteiger partial charge on any atom is -0.507 e. The Labute approximate surface area is 153 Å². The summed E-state index contributed by atoms with van der Waals surface area (Å²) in [6, 6.07) is 8.01. The predicted molar refractivity (Wildman–Crippen MR) is 88.8 cm³/mol. The second-order valence-corrected chi connectivity index (χ2v) is 7.30. The molecule has 27 heavy (non-hydrogen) atoms. The number of ether oxygens (including phenoxy) is 3. The van der Waals surface area contributed by atoms with Crippen molar-refractivity contribution in [3.63, 3.8) is 0 Å². The van der Waals surface area contributed by atoms with Crippen molar-refractivity contribution in [1.82, 2.24) is 0 Å². The number of hydrogen-bond donors (Lipinski definition) is 2. The lowest BCUT2D eigenvalue weighted by molar-refractivity contribution is -0.385. The molecule has 2 spiro atoms. The fraction of sp³-hybridized carbons (Fsp3) is 0.300. The summed E-state index contributed by atoms with van der Waals surface area (Å²) in [7, 11) is 0. The van der Waals surface area contributed by atoms with E-state index in [0.717, 1.165) is 0 Å². The van der Waals surface area contributed by atoms with E-state index in [-0.39, 0.29) is 41.9 Å². The first-order chi connectivity index (χ1) is 13.0. The van der Waals surface area contributed by atoms with Crippen LogP contribution in [0.5, 0.6) is 17.2 Å². The molecule has 2 heterocycles. The summed E-state index contributed by atoms with van der Waals surface area (Å²) in [5.74, 6) is -2.94. The van der Waals surface area contributed by atoms with Crippen molar-refractivity contribution >= 4 is 11.6 Å². The van der Waals surface area contributed by atoms with Gasteiger partial charge in [0, 0.05) is 24.8 Å². The van der Waals surface area contributed by atoms with E-state index in [1.165, 1.54) is 12.1 Å². The average molecular weight is 366 g/mol. The molecule has 0 radical (unpaired) electrons. The van der Waals surface area contributed by atoms with Crippen LogP contribution in [0.3, 0.4) is 0 Å². The van der Waals surface area contributed by atoms with Gasteiger partial charge in [0.2, 0.25) is 5.79 Å². The number of carbonyl (C=O) groups is 2. The van der Waals surface area contributed by atoms with Gasteiger partial charge in [-0.3, -0.25) is 14.3 Å². The Hall–Kier alpha value is -2.90. The van der Waals surface area contributed by atoms with Crippen LogP contribution in [0.1, 0.15) is 51.1 Å². The number of aliphatic hydroxyl groups is 1. The van der Waals surface area contributed by atoms with Gasteiger partial charge in [-0.05, 0) is 18.2 Å². The van der Waals surface area contributed by atoms with Gasteiger partial charge in [-0.25, -0.2) is 0 Å². The fourth-order valence-electron chi connectivity index (χ4n) is 4.71. The molecular formula is C20H14O7. The summed E-state index contributed by atoms with van der Waals surface area (Å²) >= 11 is 0. The van der Waals surface area contributed by atoms with Gasteiger partial charge < -0.3 is 19.7 Å². The minimum absolute atomic E-state index is 0.0270. The number of hydrogen-bond acceptors (Lipinski definition) is 7. The lowest BCUT2D eigenvalue weighted by atomic mass is 9.77. The third kappa shape index (κ3) is 1.60. The van der Waals surface area contributed by atoms with E-state index in [1.54, 1.807) is 18.2 Å². The van der Waals surface area contributed by atoms with Crippen LogP contribution < -0.4 is 9.47 Å². The third-order valence-corrected chi connectivity index (χ3v) is 5.83. The molecule has 0 unspecified atom stereocenters. The lowest BCUT2D eigenvalue weighted by Crippen LogP contribution is -2.63. The topological polar surface area (TPSA) is 102 Å². The molecule has 6 rings (SSSR count). The third-order valence-electron chi connectivity index (χ3n) is 5.83. The molecule has 0 saturated carbocycles. The van der Waals surface area contributed by atoms with Crippen LogP contribution in [0, 0.1) is 0 Å². The molecule has 0 saturated heterocycles. The number of carbonyl (C=O) groups excluding carboxylic acids is 2. The SMILES string of the molecule is O=C1CC[C@@]23Oc4ccc(O)c5c4[C@](Oc4cccc1c42)(O3)[C@H](O)CC5=O. The number of ketones is 2. The smallest absolute Gasteiger partial charge is 0.271 e. The molecule has 0 amide bonds. The highest BCUT2D eigenvalue weighted by atomic mass is 16.8. The Morgan fingerprint density at radius 1 is 1.00 bits per heavy atom. The number of Topliss-reactive ketones (excluding diaryl/α,β-unsaturated/α-hetero) is 2. The van der Waals surface area contributed by atoms with E-state index in [9.17, 15) is 19.8 Å². The van der Waals surface area contributed by atoms with E-state index in [1.807, 2.05) is 0 Å². The van der Waals surface area contributed by atoms with Gasteiger partial charge in [0.15, 0.2) is 11.6 Å². The molecule has 4 aliphatic rings. The summed E-state index contributed by atoms with van der Waals surface area (Å²) in [6.45, 7) is 0. The molecular weight excluding hydrogens is 352 g/mol. The number of phenolic OH excluding ortho intramolecular Hbond substituents is 1. The first-order valence-corrected chi connectivity index (χ1v) is 8.78. The zero-order valence-electron chi connectivity index (χ0n) is 14.0. The normalized spacial score (nSPS) is 32.1. The van der Waals surface area contributed by atoms with Crippen molar-refractivity contribution in [2.45, 2.75) is 36.9 Å². The van der Waals surface area contributed by atoms with Crippen LogP contribution >= 0.6 is 0 Å².